The molecule has 1 aliphatic heterocycles. The molecule has 0 saturated carbocycles. The van der Waals surface area contributed by atoms with Crippen LogP contribution in [-0.2, 0) is 24.3 Å². The van der Waals surface area contributed by atoms with E-state index in [2.05, 4.69) is 11.4 Å². The molecule has 5 nitrogen and oxygen atoms in total. The third-order valence-electron chi connectivity index (χ3n) is 3.78. The van der Waals surface area contributed by atoms with Gasteiger partial charge in [-0.1, -0.05) is 18.2 Å². The van der Waals surface area contributed by atoms with Gasteiger partial charge in [0.2, 0.25) is 0 Å². The van der Waals surface area contributed by atoms with Crippen molar-refractivity contribution in [3.8, 4) is 0 Å². The summed E-state index contributed by atoms with van der Waals surface area (Å²) in [6.07, 6.45) is 1.47. The molecular weight excluding hydrogens is 268 g/mol. The van der Waals surface area contributed by atoms with Crippen LogP contribution in [-0.4, -0.2) is 17.2 Å². The Morgan fingerprint density at radius 3 is 3.10 bits per heavy atom. The van der Waals surface area contributed by atoms with Crippen molar-refractivity contribution in [3.63, 3.8) is 0 Å². The van der Waals surface area contributed by atoms with Gasteiger partial charge in [0.05, 0.1) is 11.1 Å². The molecule has 0 aliphatic carbocycles. The number of alkyl carbamates (subject to hydrolysis) is 1. The fraction of sp³-hybridized carbons (Fsp3) is 0.375. The van der Waals surface area contributed by atoms with E-state index in [1.807, 2.05) is 29.7 Å². The molecule has 0 atom stereocenters. The van der Waals surface area contributed by atoms with Gasteiger partial charge in [0.15, 0.2) is 0 Å². The first-order chi connectivity index (χ1) is 10.2. The Hall–Kier alpha value is -2.30. The van der Waals surface area contributed by atoms with E-state index in [-0.39, 0.29) is 12.2 Å². The Morgan fingerprint density at radius 1 is 1.43 bits per heavy atom. The molecule has 1 aliphatic rings. The van der Waals surface area contributed by atoms with Crippen LogP contribution >= 0.6 is 0 Å². The van der Waals surface area contributed by atoms with E-state index in [1.165, 1.54) is 5.56 Å². The largest absolute Gasteiger partial charge is 0.444 e. The summed E-state index contributed by atoms with van der Waals surface area (Å²) in [5.41, 5.74) is 2.70. The van der Waals surface area contributed by atoms with Crippen molar-refractivity contribution in [1.82, 2.24) is 9.88 Å². The molecule has 1 N–H and O–H groups in total. The second kappa shape index (κ2) is 5.60. The van der Waals surface area contributed by atoms with Crippen LogP contribution in [0.4, 0.5) is 4.79 Å². The Bertz CT molecular complexity index is 749. The number of aromatic nitrogens is 1. The van der Waals surface area contributed by atoms with Crippen LogP contribution < -0.4 is 10.9 Å². The third kappa shape index (κ3) is 2.51. The molecule has 1 amide bonds. The molecule has 0 bridgehead atoms. The number of ether oxygens (including phenoxy) is 1. The molecule has 1 aromatic heterocycles. The van der Waals surface area contributed by atoms with Gasteiger partial charge in [-0.2, -0.15) is 0 Å². The minimum absolute atomic E-state index is 0.00480. The van der Waals surface area contributed by atoms with Crippen LogP contribution in [0, 0.1) is 0 Å². The van der Waals surface area contributed by atoms with Crippen LogP contribution in [0.25, 0.3) is 10.9 Å². The predicted octanol–water partition coefficient (Wildman–Crippen LogP) is 2.19. The molecule has 3 rings (SSSR count). The summed E-state index contributed by atoms with van der Waals surface area (Å²) in [5.74, 6) is 0. The van der Waals surface area contributed by atoms with E-state index in [0.717, 1.165) is 30.3 Å². The number of carbonyl (C=O) groups is 1. The second-order valence-corrected chi connectivity index (χ2v) is 5.19. The summed E-state index contributed by atoms with van der Waals surface area (Å²) >= 11 is 0. The highest BCUT2D eigenvalue weighted by Gasteiger charge is 2.16. The zero-order valence-electron chi connectivity index (χ0n) is 12.0. The van der Waals surface area contributed by atoms with Crippen LogP contribution in [0.5, 0.6) is 0 Å². The molecule has 0 spiro atoms. The number of rotatable bonds is 3. The minimum Gasteiger partial charge on any atom is -0.444 e. The number of benzene rings is 1. The quantitative estimate of drug-likeness (QED) is 0.941. The van der Waals surface area contributed by atoms with E-state index in [0.29, 0.717) is 12.1 Å². The van der Waals surface area contributed by atoms with Crippen LogP contribution in [0.1, 0.15) is 24.5 Å². The van der Waals surface area contributed by atoms with Crippen molar-refractivity contribution >= 4 is 17.0 Å². The Labute approximate surface area is 122 Å². The smallest absolute Gasteiger partial charge is 0.407 e. The first kappa shape index (κ1) is 13.7. The highest BCUT2D eigenvalue weighted by molar-refractivity contribution is 5.83. The minimum atomic E-state index is -0.496. The number of nitrogens with zero attached hydrogens (tertiary/aromatic N) is 1. The maximum Gasteiger partial charge on any atom is 0.407 e. The van der Waals surface area contributed by atoms with Gasteiger partial charge in [0.1, 0.15) is 6.61 Å². The van der Waals surface area contributed by atoms with E-state index in [9.17, 15) is 9.59 Å². The molecule has 2 heterocycles. The molecule has 21 heavy (non-hydrogen) atoms. The summed E-state index contributed by atoms with van der Waals surface area (Å²) in [6.45, 7) is 3.05. The van der Waals surface area contributed by atoms with Crippen molar-refractivity contribution < 1.29 is 9.53 Å². The Morgan fingerprint density at radius 2 is 2.29 bits per heavy atom. The van der Waals surface area contributed by atoms with Gasteiger partial charge in [-0.3, -0.25) is 4.79 Å². The molecule has 2 aromatic rings. The van der Waals surface area contributed by atoms with Gasteiger partial charge in [0.25, 0.3) is 5.56 Å². The topological polar surface area (TPSA) is 60.3 Å². The number of carbonyl (C=O) groups excluding carboxylic acids is 1. The normalized spacial score (nSPS) is 13.2. The number of aryl methyl sites for hydroxylation is 2. The van der Waals surface area contributed by atoms with Gasteiger partial charge in [0, 0.05) is 13.1 Å². The molecule has 0 radical (unpaired) electrons. The van der Waals surface area contributed by atoms with Crippen molar-refractivity contribution in [2.24, 2.45) is 0 Å². The average Bonchev–Trinajstić information content (AvgIpc) is 2.50. The van der Waals surface area contributed by atoms with E-state index in [4.69, 9.17) is 4.74 Å². The van der Waals surface area contributed by atoms with Gasteiger partial charge in [-0.05, 0) is 36.8 Å². The van der Waals surface area contributed by atoms with Gasteiger partial charge in [-0.15, -0.1) is 0 Å². The number of amides is 1. The van der Waals surface area contributed by atoms with Crippen LogP contribution in [0.2, 0.25) is 0 Å². The summed E-state index contributed by atoms with van der Waals surface area (Å²) < 4.78 is 6.89. The van der Waals surface area contributed by atoms with E-state index < -0.39 is 6.09 Å². The number of hydrogen-bond donors (Lipinski definition) is 1. The zero-order valence-corrected chi connectivity index (χ0v) is 12.0. The lowest BCUT2D eigenvalue weighted by atomic mass is 10.0. The third-order valence-corrected chi connectivity index (χ3v) is 3.78. The number of pyridine rings is 1. The molecule has 5 heteroatoms. The maximum absolute atomic E-state index is 12.5. The van der Waals surface area contributed by atoms with Gasteiger partial charge in [-0.25, -0.2) is 4.79 Å². The van der Waals surface area contributed by atoms with Gasteiger partial charge < -0.3 is 14.6 Å². The van der Waals surface area contributed by atoms with E-state index >= 15 is 0 Å². The zero-order chi connectivity index (χ0) is 14.8. The lowest BCUT2D eigenvalue weighted by Gasteiger charge is -2.20. The monoisotopic (exact) mass is 286 g/mol. The lowest BCUT2D eigenvalue weighted by Crippen LogP contribution is -2.29. The first-order valence-electron chi connectivity index (χ1n) is 7.25. The number of hydrogen-bond acceptors (Lipinski definition) is 3. The summed E-state index contributed by atoms with van der Waals surface area (Å²) in [7, 11) is 0. The molecule has 1 aromatic carbocycles. The van der Waals surface area contributed by atoms with Crippen molar-refractivity contribution in [2.75, 3.05) is 6.54 Å². The summed E-state index contributed by atoms with van der Waals surface area (Å²) in [5, 5.41) is 3.58. The van der Waals surface area contributed by atoms with E-state index in [1.54, 1.807) is 0 Å². The standard InChI is InChI=1S/C16H18N2O3/c1-2-17-16(20)21-10-13-9-12-6-3-5-11-7-4-8-18(14(11)12)15(13)19/h3,5-6,9H,2,4,7-8,10H2,1H3,(H,17,20). The lowest BCUT2D eigenvalue weighted by molar-refractivity contribution is 0.139. The molecule has 110 valence electrons. The second-order valence-electron chi connectivity index (χ2n) is 5.19. The van der Waals surface area contributed by atoms with Crippen LogP contribution in [0.3, 0.4) is 0 Å². The Balaban J connectivity index is 2.00. The molecule has 0 unspecified atom stereocenters. The Kier molecular flexibility index (Phi) is 3.64. The van der Waals surface area contributed by atoms with Gasteiger partial charge >= 0.3 is 6.09 Å². The molecule has 0 fully saturated rings. The number of nitrogens with one attached hydrogen (secondary N) is 1. The van der Waals surface area contributed by atoms with Crippen molar-refractivity contribution in [1.29, 1.82) is 0 Å². The predicted molar refractivity (Wildman–Crippen MR) is 80.4 cm³/mol. The molecule has 0 saturated heterocycles. The summed E-state index contributed by atoms with van der Waals surface area (Å²) in [6, 6.07) is 7.91. The number of para-hydroxylation sites is 1. The fourth-order valence-corrected chi connectivity index (χ4v) is 2.87. The SMILES string of the molecule is CCNC(=O)OCc1cc2cccc3c2n(c1=O)CCC3. The summed E-state index contributed by atoms with van der Waals surface area (Å²) in [4.78, 5) is 23.9. The van der Waals surface area contributed by atoms with Crippen LogP contribution in [0.15, 0.2) is 29.1 Å². The van der Waals surface area contributed by atoms with Crippen molar-refractivity contribution in [2.45, 2.75) is 32.9 Å². The highest BCUT2D eigenvalue weighted by Crippen LogP contribution is 2.24. The highest BCUT2D eigenvalue weighted by atomic mass is 16.5. The molecular formula is C16H18N2O3. The first-order valence-corrected chi connectivity index (χ1v) is 7.25. The van der Waals surface area contributed by atoms with Crippen molar-refractivity contribution in [3.05, 3.63) is 45.7 Å². The fourth-order valence-electron chi connectivity index (χ4n) is 2.87. The maximum atomic E-state index is 12.5. The average molecular weight is 286 g/mol.